The molecule has 0 aliphatic carbocycles. The van der Waals surface area contributed by atoms with Crippen LogP contribution in [-0.2, 0) is 11.3 Å². The highest BCUT2D eigenvalue weighted by Crippen LogP contribution is 2.37. The Morgan fingerprint density at radius 3 is 3.05 bits per heavy atom. The lowest BCUT2D eigenvalue weighted by molar-refractivity contribution is -0.384. The van der Waals surface area contributed by atoms with Gasteiger partial charge in [0.15, 0.2) is 12.4 Å². The Balaban J connectivity index is 1.89. The molecule has 0 unspecified atom stereocenters. The first-order valence-electron chi connectivity index (χ1n) is 6.51. The highest BCUT2D eigenvalue weighted by molar-refractivity contribution is 5.96. The predicted octanol–water partition coefficient (Wildman–Crippen LogP) is 1.93. The van der Waals surface area contributed by atoms with Crippen LogP contribution in [0.25, 0.3) is 0 Å². The molecule has 0 saturated heterocycles. The topological polar surface area (TPSA) is 106 Å². The zero-order valence-electron chi connectivity index (χ0n) is 11.4. The predicted molar refractivity (Wildman–Crippen MR) is 78.8 cm³/mol. The van der Waals surface area contributed by atoms with Crippen LogP contribution in [0.2, 0.25) is 0 Å². The van der Waals surface area contributed by atoms with E-state index in [4.69, 9.17) is 4.74 Å². The van der Waals surface area contributed by atoms with Crippen LogP contribution in [0.5, 0.6) is 5.75 Å². The van der Waals surface area contributed by atoms with Gasteiger partial charge in [-0.25, -0.2) is 0 Å². The van der Waals surface area contributed by atoms with Crippen molar-refractivity contribution in [2.45, 2.75) is 6.54 Å². The summed E-state index contributed by atoms with van der Waals surface area (Å²) in [6, 6.07) is 6.45. The van der Waals surface area contributed by atoms with Crippen molar-refractivity contribution in [3.8, 4) is 5.75 Å². The van der Waals surface area contributed by atoms with E-state index < -0.39 is 4.92 Å². The summed E-state index contributed by atoms with van der Waals surface area (Å²) in [5.41, 5.74) is 1.49. The van der Waals surface area contributed by atoms with E-state index >= 15 is 0 Å². The first-order chi connectivity index (χ1) is 10.6. The van der Waals surface area contributed by atoms with Gasteiger partial charge in [-0.3, -0.25) is 19.9 Å². The minimum atomic E-state index is -0.494. The third-order valence-electron chi connectivity index (χ3n) is 3.13. The number of nitro groups is 1. The molecule has 2 N–H and O–H groups in total. The van der Waals surface area contributed by atoms with Crippen molar-refractivity contribution in [3.63, 3.8) is 0 Å². The summed E-state index contributed by atoms with van der Waals surface area (Å²) in [7, 11) is 0. The number of aromatic nitrogens is 1. The van der Waals surface area contributed by atoms with Crippen molar-refractivity contribution >= 4 is 23.0 Å². The van der Waals surface area contributed by atoms with Crippen LogP contribution in [0.3, 0.4) is 0 Å². The third kappa shape index (κ3) is 2.80. The second kappa shape index (κ2) is 5.68. The molecule has 1 aromatic heterocycles. The first kappa shape index (κ1) is 13.8. The van der Waals surface area contributed by atoms with E-state index in [1.54, 1.807) is 18.5 Å². The van der Waals surface area contributed by atoms with Gasteiger partial charge < -0.3 is 15.4 Å². The van der Waals surface area contributed by atoms with Crippen molar-refractivity contribution in [1.82, 2.24) is 4.98 Å². The number of carbonyl (C=O) groups is 1. The average molecular weight is 300 g/mol. The van der Waals surface area contributed by atoms with Gasteiger partial charge in [-0.15, -0.1) is 0 Å². The number of rotatable bonds is 4. The Bertz CT molecular complexity index is 733. The molecular formula is C14H12N4O4. The summed E-state index contributed by atoms with van der Waals surface area (Å²) < 4.78 is 5.19. The molecule has 22 heavy (non-hydrogen) atoms. The van der Waals surface area contributed by atoms with Gasteiger partial charge >= 0.3 is 0 Å². The molecule has 0 spiro atoms. The Morgan fingerprint density at radius 1 is 1.45 bits per heavy atom. The van der Waals surface area contributed by atoms with Gasteiger partial charge in [0.25, 0.3) is 11.6 Å². The lowest BCUT2D eigenvalue weighted by Gasteiger charge is -2.19. The lowest BCUT2D eigenvalue weighted by Crippen LogP contribution is -2.25. The SMILES string of the molecule is O=C1COc2cc([N+](=O)[O-])c(NCc3cccnc3)cc2N1. The first-order valence-corrected chi connectivity index (χ1v) is 6.51. The Labute approximate surface area is 125 Å². The number of nitro benzene ring substituents is 1. The number of hydrogen-bond acceptors (Lipinski definition) is 6. The minimum Gasteiger partial charge on any atom is -0.481 e. The smallest absolute Gasteiger partial charge is 0.296 e. The number of amides is 1. The fourth-order valence-electron chi connectivity index (χ4n) is 2.11. The average Bonchev–Trinajstić information content (AvgIpc) is 2.52. The van der Waals surface area contributed by atoms with Gasteiger partial charge in [-0.05, 0) is 17.7 Å². The number of ether oxygens (including phenoxy) is 1. The molecular weight excluding hydrogens is 288 g/mol. The molecule has 1 aliphatic heterocycles. The second-order valence-electron chi connectivity index (χ2n) is 4.67. The number of benzene rings is 1. The van der Waals surface area contributed by atoms with Crippen molar-refractivity contribution in [3.05, 3.63) is 52.3 Å². The lowest BCUT2D eigenvalue weighted by atomic mass is 10.2. The van der Waals surface area contributed by atoms with Crippen LogP contribution in [0.15, 0.2) is 36.7 Å². The highest BCUT2D eigenvalue weighted by atomic mass is 16.6. The molecule has 2 aromatic rings. The summed E-state index contributed by atoms with van der Waals surface area (Å²) >= 11 is 0. The maximum absolute atomic E-state index is 11.3. The quantitative estimate of drug-likeness (QED) is 0.660. The van der Waals surface area contributed by atoms with E-state index in [1.165, 1.54) is 12.1 Å². The van der Waals surface area contributed by atoms with Crippen molar-refractivity contribution in [1.29, 1.82) is 0 Å². The molecule has 112 valence electrons. The molecule has 0 saturated carbocycles. The Morgan fingerprint density at radius 2 is 2.32 bits per heavy atom. The van der Waals surface area contributed by atoms with Crippen LogP contribution in [0.4, 0.5) is 17.1 Å². The van der Waals surface area contributed by atoms with Gasteiger partial charge in [0.2, 0.25) is 0 Å². The van der Waals surface area contributed by atoms with E-state index in [0.29, 0.717) is 23.7 Å². The molecule has 2 heterocycles. The van der Waals surface area contributed by atoms with Crippen molar-refractivity contribution in [2.75, 3.05) is 17.2 Å². The Hall–Kier alpha value is -3.16. The summed E-state index contributed by atoms with van der Waals surface area (Å²) in [4.78, 5) is 26.0. The molecule has 0 radical (unpaired) electrons. The monoisotopic (exact) mass is 300 g/mol. The van der Waals surface area contributed by atoms with Crippen molar-refractivity contribution < 1.29 is 14.5 Å². The zero-order chi connectivity index (χ0) is 15.5. The van der Waals surface area contributed by atoms with Gasteiger partial charge in [0.1, 0.15) is 5.69 Å². The van der Waals surface area contributed by atoms with Crippen LogP contribution in [0.1, 0.15) is 5.56 Å². The van der Waals surface area contributed by atoms with Gasteiger partial charge in [-0.1, -0.05) is 6.07 Å². The standard InChI is InChI=1S/C14H12N4O4/c19-14-8-22-13-5-12(18(20)21)10(4-11(13)17-14)16-7-9-2-1-3-15-6-9/h1-6,16H,7-8H2,(H,17,19). The number of anilines is 2. The molecule has 1 amide bonds. The molecule has 0 fully saturated rings. The zero-order valence-corrected chi connectivity index (χ0v) is 11.4. The molecule has 1 aliphatic rings. The summed E-state index contributed by atoms with van der Waals surface area (Å²) in [6.45, 7) is 0.231. The maximum Gasteiger partial charge on any atom is 0.296 e. The van der Waals surface area contributed by atoms with E-state index in [0.717, 1.165) is 5.56 Å². The van der Waals surface area contributed by atoms with E-state index in [-0.39, 0.29) is 18.2 Å². The number of nitrogens with one attached hydrogen (secondary N) is 2. The highest BCUT2D eigenvalue weighted by Gasteiger charge is 2.23. The van der Waals surface area contributed by atoms with E-state index in [9.17, 15) is 14.9 Å². The Kier molecular flexibility index (Phi) is 3.57. The third-order valence-corrected chi connectivity index (χ3v) is 3.13. The number of fused-ring (bicyclic) bond motifs is 1. The maximum atomic E-state index is 11.3. The largest absolute Gasteiger partial charge is 0.481 e. The number of hydrogen-bond donors (Lipinski definition) is 2. The molecule has 8 nitrogen and oxygen atoms in total. The van der Waals surface area contributed by atoms with Crippen LogP contribution >= 0.6 is 0 Å². The summed E-state index contributed by atoms with van der Waals surface area (Å²) in [5.74, 6) is -0.00205. The normalized spacial score (nSPS) is 12.8. The van der Waals surface area contributed by atoms with Crippen LogP contribution < -0.4 is 15.4 Å². The molecule has 0 bridgehead atoms. The number of carbonyl (C=O) groups excluding carboxylic acids is 1. The van der Waals surface area contributed by atoms with E-state index in [2.05, 4.69) is 15.6 Å². The van der Waals surface area contributed by atoms with Gasteiger partial charge in [-0.2, -0.15) is 0 Å². The van der Waals surface area contributed by atoms with E-state index in [1.807, 2.05) is 6.07 Å². The summed E-state index contributed by atoms with van der Waals surface area (Å²) in [5, 5.41) is 16.8. The summed E-state index contributed by atoms with van der Waals surface area (Å²) in [6.07, 6.45) is 3.32. The number of pyridine rings is 1. The van der Waals surface area contributed by atoms with Gasteiger partial charge in [0.05, 0.1) is 16.7 Å². The molecule has 8 heteroatoms. The van der Waals surface area contributed by atoms with Crippen molar-refractivity contribution in [2.24, 2.45) is 0 Å². The van der Waals surface area contributed by atoms with Crippen LogP contribution in [-0.4, -0.2) is 22.4 Å². The molecule has 1 aromatic carbocycles. The fraction of sp³-hybridized carbons (Fsp3) is 0.143. The minimum absolute atomic E-state index is 0.112. The van der Waals surface area contributed by atoms with Crippen LogP contribution in [0, 0.1) is 10.1 Å². The second-order valence-corrected chi connectivity index (χ2v) is 4.67. The fourth-order valence-corrected chi connectivity index (χ4v) is 2.11. The number of nitrogens with zero attached hydrogens (tertiary/aromatic N) is 2. The molecule has 3 rings (SSSR count). The van der Waals surface area contributed by atoms with Gasteiger partial charge in [0, 0.05) is 18.9 Å². The molecule has 0 atom stereocenters.